The van der Waals surface area contributed by atoms with E-state index in [1.54, 1.807) is 18.2 Å². The Morgan fingerprint density at radius 2 is 1.68 bits per heavy atom. The van der Waals surface area contributed by atoms with E-state index in [0.717, 1.165) is 17.1 Å². The van der Waals surface area contributed by atoms with Gasteiger partial charge in [0, 0.05) is 34.7 Å². The number of benzene rings is 1. The minimum absolute atomic E-state index is 0. The number of aromatic nitrogens is 1. The Balaban J connectivity index is 0.00000312. The number of halogens is 1. The van der Waals surface area contributed by atoms with Crippen molar-refractivity contribution in [2.75, 3.05) is 13.6 Å². The van der Waals surface area contributed by atoms with E-state index >= 15 is 0 Å². The monoisotopic (exact) mass is 365 g/mol. The van der Waals surface area contributed by atoms with Crippen molar-refractivity contribution in [1.29, 1.82) is 0 Å². The average Bonchev–Trinajstić information content (AvgIpc) is 2.87. The lowest BCUT2D eigenvalue weighted by Crippen LogP contribution is -2.40. The van der Waals surface area contributed by atoms with Gasteiger partial charge in [0.1, 0.15) is 0 Å². The molecule has 2 amide bonds. The number of aryl methyl sites for hydroxylation is 1. The molecule has 0 fully saturated rings. The molecule has 1 aromatic carbocycles. The first-order valence-corrected chi connectivity index (χ1v) is 7.71. The highest BCUT2D eigenvalue weighted by Crippen LogP contribution is 2.22. The van der Waals surface area contributed by atoms with Crippen LogP contribution in [-0.4, -0.2) is 41.2 Å². The van der Waals surface area contributed by atoms with Crippen LogP contribution in [0.5, 0.6) is 0 Å². The van der Waals surface area contributed by atoms with Gasteiger partial charge in [0.25, 0.3) is 0 Å². The van der Waals surface area contributed by atoms with Crippen molar-refractivity contribution < 1.29 is 19.9 Å². The van der Waals surface area contributed by atoms with Gasteiger partial charge < -0.3 is 20.7 Å². The van der Waals surface area contributed by atoms with Crippen LogP contribution >= 0.6 is 11.6 Å². The van der Waals surface area contributed by atoms with E-state index in [1.165, 1.54) is 7.05 Å². The third kappa shape index (κ3) is 4.46. The minimum Gasteiger partial charge on any atom is -0.412 e. The average molecular weight is 366 g/mol. The summed E-state index contributed by atoms with van der Waals surface area (Å²) < 4.78 is 1.93. The molecule has 0 unspecified atom stereocenters. The van der Waals surface area contributed by atoms with Gasteiger partial charge in [-0.1, -0.05) is 11.6 Å². The van der Waals surface area contributed by atoms with Crippen molar-refractivity contribution in [2.45, 2.75) is 13.8 Å². The van der Waals surface area contributed by atoms with Gasteiger partial charge in [0.2, 0.25) is 0 Å². The molecule has 1 heterocycles. The highest BCUT2D eigenvalue weighted by atomic mass is 35.5. The van der Waals surface area contributed by atoms with Crippen LogP contribution in [0, 0.1) is 13.8 Å². The molecule has 8 heteroatoms. The first-order chi connectivity index (χ1) is 11.3. The van der Waals surface area contributed by atoms with E-state index in [0.29, 0.717) is 10.6 Å². The Morgan fingerprint density at radius 3 is 2.24 bits per heavy atom. The van der Waals surface area contributed by atoms with Crippen LogP contribution in [0.4, 0.5) is 0 Å². The van der Waals surface area contributed by atoms with Crippen LogP contribution in [0.25, 0.3) is 5.69 Å². The number of nitrogens with one attached hydrogen (secondary N) is 2. The van der Waals surface area contributed by atoms with E-state index in [-0.39, 0.29) is 17.8 Å². The van der Waals surface area contributed by atoms with Crippen LogP contribution in [-0.2, 0) is 9.59 Å². The Bertz CT molecular complexity index is 797. The predicted molar refractivity (Wildman–Crippen MR) is 95.3 cm³/mol. The van der Waals surface area contributed by atoms with Gasteiger partial charge in [0.15, 0.2) is 5.78 Å². The number of rotatable bonds is 4. The van der Waals surface area contributed by atoms with Gasteiger partial charge in [-0.15, -0.1) is 0 Å². The molecule has 0 bridgehead atoms. The lowest BCUT2D eigenvalue weighted by atomic mass is 10.1. The SMILES string of the molecule is CNC(=O)C(=O)NCC(=O)c1cc(C)n(-c2ccc(Cl)cc2)c1C.O. The zero-order valence-electron chi connectivity index (χ0n) is 14.1. The van der Waals surface area contributed by atoms with Crippen LogP contribution in [0.2, 0.25) is 5.02 Å². The molecule has 0 aliphatic rings. The summed E-state index contributed by atoms with van der Waals surface area (Å²) in [5.74, 6) is -1.88. The van der Waals surface area contributed by atoms with Gasteiger partial charge in [-0.3, -0.25) is 14.4 Å². The smallest absolute Gasteiger partial charge is 0.309 e. The molecule has 134 valence electrons. The maximum atomic E-state index is 12.4. The number of carbonyl (C=O) groups excluding carboxylic acids is 3. The molecule has 0 saturated heterocycles. The van der Waals surface area contributed by atoms with Crippen molar-refractivity contribution >= 4 is 29.2 Å². The summed E-state index contributed by atoms with van der Waals surface area (Å²) in [6, 6.07) is 9.05. The number of Topliss-reactive ketones (excluding diaryl/α,β-unsaturated/α-hetero) is 1. The lowest BCUT2D eigenvalue weighted by molar-refractivity contribution is -0.138. The maximum Gasteiger partial charge on any atom is 0.309 e. The van der Waals surface area contributed by atoms with Crippen LogP contribution in [0.1, 0.15) is 21.7 Å². The van der Waals surface area contributed by atoms with E-state index < -0.39 is 11.8 Å². The zero-order chi connectivity index (χ0) is 17.9. The molecular weight excluding hydrogens is 346 g/mol. The van der Waals surface area contributed by atoms with Gasteiger partial charge in [-0.2, -0.15) is 0 Å². The Labute approximate surface area is 150 Å². The molecule has 0 spiro atoms. The van der Waals surface area contributed by atoms with E-state index in [2.05, 4.69) is 10.6 Å². The molecule has 7 nitrogen and oxygen atoms in total. The van der Waals surface area contributed by atoms with Crippen molar-refractivity contribution in [3.05, 3.63) is 52.3 Å². The van der Waals surface area contributed by atoms with Gasteiger partial charge in [-0.25, -0.2) is 0 Å². The maximum absolute atomic E-state index is 12.4. The van der Waals surface area contributed by atoms with Crippen molar-refractivity contribution in [3.63, 3.8) is 0 Å². The molecule has 0 atom stereocenters. The molecule has 4 N–H and O–H groups in total. The second-order valence-corrected chi connectivity index (χ2v) is 5.72. The van der Waals surface area contributed by atoms with Gasteiger partial charge in [0.05, 0.1) is 6.54 Å². The first kappa shape index (κ1) is 20.4. The number of hydrogen-bond donors (Lipinski definition) is 2. The summed E-state index contributed by atoms with van der Waals surface area (Å²) in [7, 11) is 1.35. The number of likely N-dealkylation sites (N-methyl/N-ethyl adjacent to an activating group) is 1. The molecule has 2 aromatic rings. The normalized spacial score (nSPS) is 9.92. The number of hydrogen-bond acceptors (Lipinski definition) is 3. The molecule has 25 heavy (non-hydrogen) atoms. The van der Waals surface area contributed by atoms with Crippen LogP contribution < -0.4 is 10.6 Å². The minimum atomic E-state index is -0.836. The molecular formula is C17H20ClN3O4. The highest BCUT2D eigenvalue weighted by molar-refractivity contribution is 6.35. The summed E-state index contributed by atoms with van der Waals surface area (Å²) in [5.41, 5.74) is 3.03. The predicted octanol–water partition coefficient (Wildman–Crippen LogP) is 0.968. The van der Waals surface area contributed by atoms with Gasteiger partial charge >= 0.3 is 11.8 Å². The van der Waals surface area contributed by atoms with E-state index in [9.17, 15) is 14.4 Å². The number of ketones is 1. The van der Waals surface area contributed by atoms with Crippen LogP contribution in [0.3, 0.4) is 0 Å². The first-order valence-electron chi connectivity index (χ1n) is 7.33. The Morgan fingerprint density at radius 1 is 1.08 bits per heavy atom. The van der Waals surface area contributed by atoms with E-state index in [1.807, 2.05) is 30.5 Å². The molecule has 2 rings (SSSR count). The zero-order valence-corrected chi connectivity index (χ0v) is 14.9. The largest absolute Gasteiger partial charge is 0.412 e. The number of nitrogens with zero attached hydrogens (tertiary/aromatic N) is 1. The number of amides is 2. The second-order valence-electron chi connectivity index (χ2n) is 5.28. The molecule has 0 aliphatic heterocycles. The summed E-state index contributed by atoms with van der Waals surface area (Å²) >= 11 is 5.91. The Kier molecular flexibility index (Phi) is 6.90. The number of carbonyl (C=O) groups is 3. The molecule has 0 radical (unpaired) electrons. The molecule has 0 aliphatic carbocycles. The van der Waals surface area contributed by atoms with Crippen LogP contribution in [0.15, 0.2) is 30.3 Å². The van der Waals surface area contributed by atoms with Crippen molar-refractivity contribution in [1.82, 2.24) is 15.2 Å². The molecule has 0 saturated carbocycles. The topological polar surface area (TPSA) is 112 Å². The lowest BCUT2D eigenvalue weighted by Gasteiger charge is -2.10. The van der Waals surface area contributed by atoms with E-state index in [4.69, 9.17) is 11.6 Å². The summed E-state index contributed by atoms with van der Waals surface area (Å²) in [4.78, 5) is 34.9. The fourth-order valence-electron chi connectivity index (χ4n) is 2.48. The third-order valence-corrected chi connectivity index (χ3v) is 3.91. The fraction of sp³-hybridized carbons (Fsp3) is 0.235. The van der Waals surface area contributed by atoms with Crippen molar-refractivity contribution in [3.8, 4) is 5.69 Å². The molecule has 1 aromatic heterocycles. The third-order valence-electron chi connectivity index (χ3n) is 3.66. The highest BCUT2D eigenvalue weighted by Gasteiger charge is 2.18. The standard InChI is InChI=1S/C17H18ClN3O3.H2O/c1-10-8-14(15(22)9-20-17(24)16(23)19-3)11(2)21(10)13-6-4-12(18)5-7-13;/h4-8H,9H2,1-3H3,(H,19,23)(H,20,24);1H2. The second kappa shape index (κ2) is 8.46. The van der Waals surface area contributed by atoms with Gasteiger partial charge in [-0.05, 0) is 44.2 Å². The summed E-state index contributed by atoms with van der Waals surface area (Å²) in [6.45, 7) is 3.48. The summed E-state index contributed by atoms with van der Waals surface area (Å²) in [5, 5.41) is 5.14. The fourth-order valence-corrected chi connectivity index (χ4v) is 2.61. The summed E-state index contributed by atoms with van der Waals surface area (Å²) in [6.07, 6.45) is 0. The van der Waals surface area contributed by atoms with Crippen molar-refractivity contribution in [2.24, 2.45) is 0 Å². The quantitative estimate of drug-likeness (QED) is 0.621. The Hall–Kier alpha value is -2.64.